The van der Waals surface area contributed by atoms with Crippen molar-refractivity contribution in [1.29, 1.82) is 0 Å². The Labute approximate surface area is 170 Å². The molecule has 0 radical (unpaired) electrons. The van der Waals surface area contributed by atoms with Crippen LogP contribution in [0.1, 0.15) is 5.56 Å². The number of ether oxygens (including phenoxy) is 2. The molecular weight excluding hydrogens is 398 g/mol. The SMILES string of the molecule is O=C1NC(=S)NC(=O)C1=Cc1ccccc1OCCOc1ccc([N+](=O)[O-])cc1. The molecule has 0 bridgehead atoms. The van der Waals surface area contributed by atoms with Crippen LogP contribution in [-0.2, 0) is 9.59 Å². The molecule has 0 saturated carbocycles. The minimum absolute atomic E-state index is 0.0212. The smallest absolute Gasteiger partial charge is 0.269 e. The topological polar surface area (TPSA) is 120 Å². The number of nitrogens with zero attached hydrogens (tertiary/aromatic N) is 1. The zero-order valence-electron chi connectivity index (χ0n) is 14.9. The summed E-state index contributed by atoms with van der Waals surface area (Å²) in [5.41, 5.74) is 0.430. The van der Waals surface area contributed by atoms with Crippen LogP contribution in [0.5, 0.6) is 11.5 Å². The molecule has 2 amide bonds. The van der Waals surface area contributed by atoms with Gasteiger partial charge in [0.25, 0.3) is 17.5 Å². The fraction of sp³-hybridized carbons (Fsp3) is 0.105. The first kappa shape index (κ1) is 20.0. The molecule has 0 aromatic heterocycles. The molecule has 3 rings (SSSR count). The lowest BCUT2D eigenvalue weighted by Crippen LogP contribution is -2.51. The van der Waals surface area contributed by atoms with Gasteiger partial charge in [-0.2, -0.15) is 0 Å². The summed E-state index contributed by atoms with van der Waals surface area (Å²) >= 11 is 4.77. The first-order valence-electron chi connectivity index (χ1n) is 8.41. The van der Waals surface area contributed by atoms with E-state index in [2.05, 4.69) is 10.6 Å². The zero-order valence-corrected chi connectivity index (χ0v) is 15.7. The van der Waals surface area contributed by atoms with Gasteiger partial charge in [0.1, 0.15) is 30.3 Å². The van der Waals surface area contributed by atoms with Crippen LogP contribution in [0, 0.1) is 10.1 Å². The molecule has 1 fully saturated rings. The van der Waals surface area contributed by atoms with E-state index in [9.17, 15) is 19.7 Å². The minimum atomic E-state index is -0.588. The average Bonchev–Trinajstić information content (AvgIpc) is 2.69. The third-order valence-electron chi connectivity index (χ3n) is 3.82. The van der Waals surface area contributed by atoms with Gasteiger partial charge in [-0.05, 0) is 36.5 Å². The zero-order chi connectivity index (χ0) is 20.8. The highest BCUT2D eigenvalue weighted by Gasteiger charge is 2.26. The van der Waals surface area contributed by atoms with Gasteiger partial charge in [0.15, 0.2) is 5.11 Å². The number of hydrogen-bond acceptors (Lipinski definition) is 7. The third-order valence-corrected chi connectivity index (χ3v) is 4.02. The van der Waals surface area contributed by atoms with Gasteiger partial charge in [0.05, 0.1) is 4.92 Å². The summed E-state index contributed by atoms with van der Waals surface area (Å²) in [5.74, 6) is -0.243. The summed E-state index contributed by atoms with van der Waals surface area (Å²) in [4.78, 5) is 34.1. The van der Waals surface area contributed by atoms with E-state index in [1.54, 1.807) is 24.3 Å². The van der Waals surface area contributed by atoms with Crippen molar-refractivity contribution in [3.05, 3.63) is 69.8 Å². The average molecular weight is 413 g/mol. The van der Waals surface area contributed by atoms with Crippen LogP contribution in [-0.4, -0.2) is 35.1 Å². The maximum atomic E-state index is 12.0. The Morgan fingerprint density at radius 2 is 1.59 bits per heavy atom. The summed E-state index contributed by atoms with van der Waals surface area (Å²) in [7, 11) is 0. The Hall–Kier alpha value is -3.79. The van der Waals surface area contributed by atoms with Crippen LogP contribution in [0.2, 0.25) is 0 Å². The Bertz CT molecular complexity index is 981. The van der Waals surface area contributed by atoms with Gasteiger partial charge in [-0.25, -0.2) is 0 Å². The van der Waals surface area contributed by atoms with Crippen molar-refractivity contribution in [2.45, 2.75) is 0 Å². The second-order valence-corrected chi connectivity index (χ2v) is 6.19. The monoisotopic (exact) mass is 413 g/mol. The highest BCUT2D eigenvalue weighted by atomic mass is 32.1. The second-order valence-electron chi connectivity index (χ2n) is 5.78. The number of nitrogens with one attached hydrogen (secondary N) is 2. The van der Waals surface area contributed by atoms with E-state index in [0.29, 0.717) is 17.1 Å². The number of hydrogen-bond donors (Lipinski definition) is 2. The highest BCUT2D eigenvalue weighted by molar-refractivity contribution is 7.80. The summed E-state index contributed by atoms with van der Waals surface area (Å²) in [6.07, 6.45) is 1.42. The number of nitro benzene ring substituents is 1. The maximum absolute atomic E-state index is 12.0. The second kappa shape index (κ2) is 8.93. The maximum Gasteiger partial charge on any atom is 0.269 e. The number of carbonyl (C=O) groups is 2. The molecule has 2 aromatic rings. The molecule has 2 aromatic carbocycles. The number of carbonyl (C=O) groups excluding carboxylic acids is 2. The summed E-state index contributed by atoms with van der Waals surface area (Å²) < 4.78 is 11.2. The van der Waals surface area contributed by atoms with Crippen molar-refractivity contribution in [3.63, 3.8) is 0 Å². The van der Waals surface area contributed by atoms with Gasteiger partial charge in [-0.3, -0.25) is 30.3 Å². The van der Waals surface area contributed by atoms with Crippen molar-refractivity contribution in [2.75, 3.05) is 13.2 Å². The molecule has 2 N–H and O–H groups in total. The van der Waals surface area contributed by atoms with Gasteiger partial charge in [-0.1, -0.05) is 18.2 Å². The number of benzene rings is 2. The van der Waals surface area contributed by atoms with Crippen LogP contribution in [0.15, 0.2) is 54.1 Å². The molecule has 1 saturated heterocycles. The number of thiocarbonyl (C=S) groups is 1. The molecular formula is C19H15N3O6S. The largest absolute Gasteiger partial charge is 0.490 e. The van der Waals surface area contributed by atoms with Crippen molar-refractivity contribution in [1.82, 2.24) is 10.6 Å². The first-order valence-corrected chi connectivity index (χ1v) is 8.82. The van der Waals surface area contributed by atoms with Gasteiger partial charge in [0, 0.05) is 17.7 Å². The van der Waals surface area contributed by atoms with Gasteiger partial charge in [0.2, 0.25) is 0 Å². The quantitative estimate of drug-likeness (QED) is 0.178. The fourth-order valence-electron chi connectivity index (χ4n) is 2.47. The molecule has 10 heteroatoms. The van der Waals surface area contributed by atoms with E-state index < -0.39 is 16.7 Å². The third kappa shape index (κ3) is 5.14. The summed E-state index contributed by atoms with van der Waals surface area (Å²) in [6, 6.07) is 12.6. The van der Waals surface area contributed by atoms with Crippen LogP contribution < -0.4 is 20.1 Å². The number of nitro groups is 1. The van der Waals surface area contributed by atoms with Crippen molar-refractivity contribution in [2.24, 2.45) is 0 Å². The van der Waals surface area contributed by atoms with E-state index in [1.807, 2.05) is 0 Å². The lowest BCUT2D eigenvalue weighted by Gasteiger charge is -2.17. The Morgan fingerprint density at radius 3 is 2.24 bits per heavy atom. The van der Waals surface area contributed by atoms with Gasteiger partial charge < -0.3 is 9.47 Å². The molecule has 0 spiro atoms. The number of non-ortho nitro benzene ring substituents is 1. The Kier molecular flexibility index (Phi) is 6.15. The standard InChI is InChI=1S/C19H15N3O6S/c23-17-15(18(24)21-19(29)20-17)11-12-3-1-2-4-16(12)28-10-9-27-14-7-5-13(6-8-14)22(25)26/h1-8,11H,9-10H2,(H2,20,21,23,24,29). The van der Waals surface area contributed by atoms with Gasteiger partial charge >= 0.3 is 0 Å². The number of amides is 2. The molecule has 0 atom stereocenters. The van der Waals surface area contributed by atoms with E-state index in [4.69, 9.17) is 21.7 Å². The van der Waals surface area contributed by atoms with Crippen LogP contribution in [0.25, 0.3) is 6.08 Å². The molecule has 0 unspecified atom stereocenters. The lowest BCUT2D eigenvalue weighted by molar-refractivity contribution is -0.384. The predicted octanol–water partition coefficient (Wildman–Crippen LogP) is 1.97. The van der Waals surface area contributed by atoms with Crippen molar-refractivity contribution in [3.8, 4) is 11.5 Å². The van der Waals surface area contributed by atoms with Crippen molar-refractivity contribution >= 4 is 40.9 Å². The molecule has 148 valence electrons. The molecule has 29 heavy (non-hydrogen) atoms. The van der Waals surface area contributed by atoms with Crippen LogP contribution >= 0.6 is 12.2 Å². The van der Waals surface area contributed by atoms with E-state index >= 15 is 0 Å². The van der Waals surface area contributed by atoms with Crippen LogP contribution in [0.3, 0.4) is 0 Å². The van der Waals surface area contributed by atoms with Crippen molar-refractivity contribution < 1.29 is 24.0 Å². The number of rotatable bonds is 7. The molecule has 1 heterocycles. The number of para-hydroxylation sites is 1. The summed E-state index contributed by atoms with van der Waals surface area (Å²) in [5, 5.41) is 15.3. The Balaban J connectivity index is 1.61. The molecule has 9 nitrogen and oxygen atoms in total. The van der Waals surface area contributed by atoms with E-state index in [1.165, 1.54) is 30.3 Å². The minimum Gasteiger partial charge on any atom is -0.490 e. The van der Waals surface area contributed by atoms with Gasteiger partial charge in [-0.15, -0.1) is 0 Å². The first-order chi connectivity index (χ1) is 13.9. The molecule has 1 aliphatic heterocycles. The predicted molar refractivity (Wildman–Crippen MR) is 107 cm³/mol. The van der Waals surface area contributed by atoms with E-state index in [-0.39, 0.29) is 29.6 Å². The highest BCUT2D eigenvalue weighted by Crippen LogP contribution is 2.22. The normalized spacial score (nSPS) is 13.4. The van der Waals surface area contributed by atoms with E-state index in [0.717, 1.165) is 0 Å². The Morgan fingerprint density at radius 1 is 0.966 bits per heavy atom. The summed E-state index contributed by atoms with van der Waals surface area (Å²) in [6.45, 7) is 0.373. The lowest BCUT2D eigenvalue weighted by atomic mass is 10.1. The van der Waals surface area contributed by atoms with Crippen LogP contribution in [0.4, 0.5) is 5.69 Å². The molecule has 1 aliphatic rings. The molecule has 0 aliphatic carbocycles. The fourth-order valence-corrected chi connectivity index (χ4v) is 2.65.